The summed E-state index contributed by atoms with van der Waals surface area (Å²) in [6.07, 6.45) is -6.28. The van der Waals surface area contributed by atoms with Gasteiger partial charge in [0.15, 0.2) is 0 Å². The van der Waals surface area contributed by atoms with Crippen LogP contribution in [0.3, 0.4) is 0 Å². The molecule has 0 spiro atoms. The molecule has 0 fully saturated rings. The highest BCUT2D eigenvalue weighted by Gasteiger charge is 2.33. The fraction of sp³-hybridized carbons (Fsp3) is 0.353. The zero-order valence-electron chi connectivity index (χ0n) is 14.0. The Labute approximate surface area is 141 Å². The smallest absolute Gasteiger partial charge is 0.290 e. The summed E-state index contributed by atoms with van der Waals surface area (Å²) in [5.74, 6) is -0.781. The van der Waals surface area contributed by atoms with E-state index in [2.05, 4.69) is 0 Å². The van der Waals surface area contributed by atoms with Crippen molar-refractivity contribution in [2.24, 2.45) is 0 Å². The van der Waals surface area contributed by atoms with E-state index in [-0.39, 0.29) is 12.1 Å². The number of H-pyrrole nitrogens is 1. The quantitative estimate of drug-likeness (QED) is 0.858. The van der Waals surface area contributed by atoms with Crippen molar-refractivity contribution in [1.29, 1.82) is 0 Å². The number of carbonyl (C=O) groups is 1. The molecule has 0 saturated carbocycles. The Hall–Kier alpha value is -2.64. The number of benzene rings is 1. The summed E-state index contributed by atoms with van der Waals surface area (Å²) < 4.78 is 39.5. The van der Waals surface area contributed by atoms with E-state index in [9.17, 15) is 27.6 Å². The summed E-state index contributed by atoms with van der Waals surface area (Å²) in [5, 5.41) is 0. The van der Waals surface area contributed by atoms with E-state index >= 15 is 0 Å². The predicted octanol–water partition coefficient (Wildman–Crippen LogP) is 2.51. The Balaban J connectivity index is 2.79. The minimum atomic E-state index is -4.69. The summed E-state index contributed by atoms with van der Waals surface area (Å²) in [4.78, 5) is 38.6. The van der Waals surface area contributed by atoms with Crippen LogP contribution in [0.4, 0.5) is 13.2 Å². The Morgan fingerprint density at radius 3 is 2.16 bits per heavy atom. The number of aromatic nitrogens is 2. The number of carbonyl (C=O) groups excluding carboxylic acids is 1. The van der Waals surface area contributed by atoms with Crippen molar-refractivity contribution in [1.82, 2.24) is 9.55 Å². The standard InChI is InChI=1S/C17H17F3N2O3/c1-4-22-13(14(23)11-6-9(2)5-10(3)7-11)12(8-17(18,19)20)15(24)21-16(22)25/h5-7H,4,8H2,1-3H3,(H,21,24,25). The second-order valence-corrected chi connectivity index (χ2v) is 5.83. The molecule has 0 unspecified atom stereocenters. The van der Waals surface area contributed by atoms with Gasteiger partial charge in [0, 0.05) is 12.1 Å². The van der Waals surface area contributed by atoms with Crippen molar-refractivity contribution < 1.29 is 18.0 Å². The lowest BCUT2D eigenvalue weighted by Crippen LogP contribution is -2.38. The number of aromatic amines is 1. The molecule has 0 radical (unpaired) electrons. The Morgan fingerprint density at radius 1 is 1.12 bits per heavy atom. The van der Waals surface area contributed by atoms with Crippen molar-refractivity contribution in [2.45, 2.75) is 39.9 Å². The topological polar surface area (TPSA) is 71.9 Å². The first-order chi connectivity index (χ1) is 11.5. The first kappa shape index (κ1) is 18.7. The molecule has 134 valence electrons. The molecule has 1 heterocycles. The SMILES string of the molecule is CCn1c(C(=O)c2cc(C)cc(C)c2)c(CC(F)(F)F)c(=O)[nH]c1=O. The van der Waals surface area contributed by atoms with Gasteiger partial charge in [-0.1, -0.05) is 17.2 Å². The number of rotatable bonds is 4. The van der Waals surface area contributed by atoms with Crippen molar-refractivity contribution in [3.8, 4) is 0 Å². The highest BCUT2D eigenvalue weighted by molar-refractivity contribution is 6.09. The summed E-state index contributed by atoms with van der Waals surface area (Å²) in [6, 6.07) is 4.83. The first-order valence-corrected chi connectivity index (χ1v) is 7.59. The third-order valence-electron chi connectivity index (χ3n) is 3.69. The van der Waals surface area contributed by atoms with Gasteiger partial charge in [-0.15, -0.1) is 0 Å². The van der Waals surface area contributed by atoms with Crippen LogP contribution in [-0.2, 0) is 13.0 Å². The van der Waals surface area contributed by atoms with Crippen LogP contribution < -0.4 is 11.2 Å². The molecule has 1 aromatic carbocycles. The fourth-order valence-corrected chi connectivity index (χ4v) is 2.78. The lowest BCUT2D eigenvalue weighted by Gasteiger charge is -2.15. The van der Waals surface area contributed by atoms with Gasteiger partial charge in [-0.25, -0.2) is 4.79 Å². The number of alkyl halides is 3. The monoisotopic (exact) mass is 354 g/mol. The van der Waals surface area contributed by atoms with Crippen molar-refractivity contribution >= 4 is 5.78 Å². The zero-order chi connectivity index (χ0) is 18.9. The molecular formula is C17H17F3N2O3. The number of hydrogen-bond acceptors (Lipinski definition) is 3. The van der Waals surface area contributed by atoms with Gasteiger partial charge in [0.1, 0.15) is 5.69 Å². The molecule has 2 rings (SSSR count). The highest BCUT2D eigenvalue weighted by Crippen LogP contribution is 2.23. The van der Waals surface area contributed by atoms with Gasteiger partial charge in [-0.05, 0) is 32.9 Å². The van der Waals surface area contributed by atoms with E-state index in [1.54, 1.807) is 19.9 Å². The number of nitrogens with one attached hydrogen (secondary N) is 1. The second-order valence-electron chi connectivity index (χ2n) is 5.83. The molecule has 0 atom stereocenters. The molecule has 8 heteroatoms. The summed E-state index contributed by atoms with van der Waals surface area (Å²) in [6.45, 7) is 4.94. The van der Waals surface area contributed by atoms with Crippen molar-refractivity contribution in [2.75, 3.05) is 0 Å². The molecule has 0 amide bonds. The van der Waals surface area contributed by atoms with E-state index in [0.717, 1.165) is 15.7 Å². The van der Waals surface area contributed by atoms with Crippen LogP contribution in [0.15, 0.2) is 27.8 Å². The van der Waals surface area contributed by atoms with Crippen LogP contribution in [0.5, 0.6) is 0 Å². The van der Waals surface area contributed by atoms with E-state index in [4.69, 9.17) is 0 Å². The average molecular weight is 354 g/mol. The molecule has 0 aliphatic carbocycles. The molecule has 1 N–H and O–H groups in total. The Morgan fingerprint density at radius 2 is 1.68 bits per heavy atom. The molecule has 0 bridgehead atoms. The lowest BCUT2D eigenvalue weighted by molar-refractivity contribution is -0.127. The molecule has 2 aromatic rings. The molecule has 25 heavy (non-hydrogen) atoms. The molecule has 0 aliphatic heterocycles. The zero-order valence-corrected chi connectivity index (χ0v) is 14.0. The molecule has 0 aliphatic rings. The van der Waals surface area contributed by atoms with E-state index in [1.165, 1.54) is 19.1 Å². The third kappa shape index (κ3) is 4.07. The average Bonchev–Trinajstić information content (AvgIpc) is 2.46. The lowest BCUT2D eigenvalue weighted by atomic mass is 9.98. The third-order valence-corrected chi connectivity index (χ3v) is 3.69. The summed E-state index contributed by atoms with van der Waals surface area (Å²) in [7, 11) is 0. The van der Waals surface area contributed by atoms with E-state index in [0.29, 0.717) is 0 Å². The van der Waals surface area contributed by atoms with Crippen LogP contribution in [0.1, 0.15) is 39.7 Å². The maximum absolute atomic E-state index is 12.9. The van der Waals surface area contributed by atoms with Crippen LogP contribution in [-0.4, -0.2) is 21.5 Å². The Bertz CT molecular complexity index is 919. The van der Waals surface area contributed by atoms with Crippen LogP contribution in [0.25, 0.3) is 0 Å². The van der Waals surface area contributed by atoms with Crippen LogP contribution >= 0.6 is 0 Å². The normalized spacial score (nSPS) is 11.6. The fourth-order valence-electron chi connectivity index (χ4n) is 2.78. The van der Waals surface area contributed by atoms with Crippen LogP contribution in [0, 0.1) is 13.8 Å². The minimum absolute atomic E-state index is 0.0493. The molecular weight excluding hydrogens is 337 g/mol. The molecule has 1 aromatic heterocycles. The van der Waals surface area contributed by atoms with Gasteiger partial charge in [-0.2, -0.15) is 13.2 Å². The van der Waals surface area contributed by atoms with Crippen molar-refractivity contribution in [3.05, 3.63) is 67.0 Å². The number of halogens is 3. The first-order valence-electron chi connectivity index (χ1n) is 7.59. The number of aryl methyl sites for hydroxylation is 2. The van der Waals surface area contributed by atoms with Gasteiger partial charge in [0.05, 0.1) is 12.0 Å². The largest absolute Gasteiger partial charge is 0.393 e. The van der Waals surface area contributed by atoms with Gasteiger partial charge in [0.25, 0.3) is 5.56 Å². The number of ketones is 1. The Kier molecular flexibility index (Phi) is 5.01. The predicted molar refractivity (Wildman–Crippen MR) is 86.1 cm³/mol. The summed E-state index contributed by atoms with van der Waals surface area (Å²) in [5.41, 5.74) is -1.75. The van der Waals surface area contributed by atoms with Crippen LogP contribution in [0.2, 0.25) is 0 Å². The molecule has 5 nitrogen and oxygen atoms in total. The highest BCUT2D eigenvalue weighted by atomic mass is 19.4. The van der Waals surface area contributed by atoms with Gasteiger partial charge < -0.3 is 0 Å². The minimum Gasteiger partial charge on any atom is -0.290 e. The van der Waals surface area contributed by atoms with Crippen molar-refractivity contribution in [3.63, 3.8) is 0 Å². The number of nitrogens with zero attached hydrogens (tertiary/aromatic N) is 1. The maximum Gasteiger partial charge on any atom is 0.393 e. The van der Waals surface area contributed by atoms with E-state index in [1.807, 2.05) is 4.98 Å². The second kappa shape index (κ2) is 6.70. The maximum atomic E-state index is 12.9. The van der Waals surface area contributed by atoms with E-state index < -0.39 is 40.9 Å². The van der Waals surface area contributed by atoms with Gasteiger partial charge in [0.2, 0.25) is 5.78 Å². The summed E-state index contributed by atoms with van der Waals surface area (Å²) >= 11 is 0. The molecule has 0 saturated heterocycles. The van der Waals surface area contributed by atoms with Gasteiger partial charge in [-0.3, -0.25) is 19.1 Å². The number of hydrogen-bond donors (Lipinski definition) is 1. The van der Waals surface area contributed by atoms with Gasteiger partial charge >= 0.3 is 11.9 Å².